The van der Waals surface area contributed by atoms with Crippen molar-refractivity contribution in [3.63, 3.8) is 0 Å². The van der Waals surface area contributed by atoms with Gasteiger partial charge < -0.3 is 33.7 Å². The molecule has 220 valence electrons. The zero-order valence-electron chi connectivity index (χ0n) is 24.8. The van der Waals surface area contributed by atoms with E-state index >= 15 is 0 Å². The van der Waals surface area contributed by atoms with Crippen molar-refractivity contribution in [1.29, 1.82) is 0 Å². The molecule has 41 heavy (non-hydrogen) atoms. The minimum Gasteiger partial charge on any atom is -0.496 e. The van der Waals surface area contributed by atoms with E-state index in [0.29, 0.717) is 46.1 Å². The molecule has 1 aliphatic heterocycles. The Morgan fingerprint density at radius 3 is 2.20 bits per heavy atom. The molecule has 2 aromatic carbocycles. The second-order valence-corrected chi connectivity index (χ2v) is 10.3. The minimum atomic E-state index is -0.704. The molecule has 0 bridgehead atoms. The Balaban J connectivity index is 1.81. The average Bonchev–Trinajstić information content (AvgIpc) is 2.97. The lowest BCUT2D eigenvalue weighted by molar-refractivity contribution is -0.141. The molecule has 1 N–H and O–H groups in total. The zero-order valence-corrected chi connectivity index (χ0v) is 24.8. The summed E-state index contributed by atoms with van der Waals surface area (Å²) in [5.41, 5.74) is 3.90. The van der Waals surface area contributed by atoms with Crippen molar-refractivity contribution < 1.29 is 38.0 Å². The Morgan fingerprint density at radius 1 is 0.927 bits per heavy atom. The van der Waals surface area contributed by atoms with Gasteiger partial charge in [-0.05, 0) is 56.5 Å². The van der Waals surface area contributed by atoms with Crippen LogP contribution in [0.15, 0.2) is 58.9 Å². The highest BCUT2D eigenvalue weighted by Crippen LogP contribution is 2.49. The van der Waals surface area contributed by atoms with Gasteiger partial charge in [-0.15, -0.1) is 0 Å². The fourth-order valence-corrected chi connectivity index (χ4v) is 5.63. The Hall–Kier alpha value is -3.98. The van der Waals surface area contributed by atoms with Gasteiger partial charge in [0.25, 0.3) is 0 Å². The lowest BCUT2D eigenvalue weighted by Gasteiger charge is -2.37. The van der Waals surface area contributed by atoms with Crippen LogP contribution < -0.4 is 24.3 Å². The van der Waals surface area contributed by atoms with Gasteiger partial charge in [-0.1, -0.05) is 18.2 Å². The number of dihydropyridines is 1. The van der Waals surface area contributed by atoms with E-state index in [2.05, 4.69) is 5.32 Å². The molecule has 2 aromatic rings. The number of methoxy groups -OCH3 is 4. The van der Waals surface area contributed by atoms with Gasteiger partial charge in [0.15, 0.2) is 17.3 Å². The molecule has 0 amide bonds. The van der Waals surface area contributed by atoms with Crippen LogP contribution in [0, 0.1) is 0 Å². The van der Waals surface area contributed by atoms with Gasteiger partial charge in [0.05, 0.1) is 46.7 Å². The van der Waals surface area contributed by atoms with Crippen molar-refractivity contribution in [2.75, 3.05) is 41.7 Å². The molecule has 0 radical (unpaired) electrons. The molecule has 9 heteroatoms. The van der Waals surface area contributed by atoms with Gasteiger partial charge >= 0.3 is 5.97 Å². The lowest BCUT2D eigenvalue weighted by atomic mass is 9.71. The first-order valence-corrected chi connectivity index (χ1v) is 13.7. The number of allylic oxidation sites excluding steroid dienone is 3. The summed E-state index contributed by atoms with van der Waals surface area (Å²) in [7, 11) is 6.22. The maximum atomic E-state index is 14.0. The predicted molar refractivity (Wildman–Crippen MR) is 154 cm³/mol. The highest BCUT2D eigenvalue weighted by Gasteiger charge is 2.42. The highest BCUT2D eigenvalue weighted by molar-refractivity contribution is 6.04. The number of carbonyl (C=O) groups is 2. The lowest BCUT2D eigenvalue weighted by Crippen LogP contribution is -2.36. The van der Waals surface area contributed by atoms with Crippen molar-refractivity contribution in [2.24, 2.45) is 0 Å². The number of nitrogens with one attached hydrogen (secondary N) is 1. The van der Waals surface area contributed by atoms with Crippen LogP contribution in [0.4, 0.5) is 0 Å². The summed E-state index contributed by atoms with van der Waals surface area (Å²) in [6.07, 6.45) is 0.858. The first-order valence-electron chi connectivity index (χ1n) is 13.7. The number of esters is 1. The maximum Gasteiger partial charge on any atom is 0.336 e. The Morgan fingerprint density at radius 2 is 1.59 bits per heavy atom. The molecule has 4 rings (SSSR count). The Bertz CT molecular complexity index is 1330. The summed E-state index contributed by atoms with van der Waals surface area (Å²) in [5.74, 6) is 0.642. The van der Waals surface area contributed by atoms with E-state index in [0.717, 1.165) is 17.0 Å². The van der Waals surface area contributed by atoms with Gasteiger partial charge in [0, 0.05) is 35.2 Å². The van der Waals surface area contributed by atoms with Gasteiger partial charge in [0.1, 0.15) is 12.4 Å². The molecule has 0 unspecified atom stereocenters. The van der Waals surface area contributed by atoms with Crippen molar-refractivity contribution in [3.8, 4) is 23.0 Å². The van der Waals surface area contributed by atoms with E-state index in [1.165, 1.54) is 21.3 Å². The molecule has 2 atom stereocenters. The van der Waals surface area contributed by atoms with Crippen molar-refractivity contribution in [3.05, 3.63) is 70.1 Å². The van der Waals surface area contributed by atoms with Gasteiger partial charge in [-0.25, -0.2) is 4.79 Å². The largest absolute Gasteiger partial charge is 0.496 e. The number of hydrogen-bond donors (Lipinski definition) is 1. The molecule has 1 aliphatic carbocycles. The van der Waals surface area contributed by atoms with Crippen LogP contribution in [0.25, 0.3) is 0 Å². The van der Waals surface area contributed by atoms with Gasteiger partial charge in [-0.2, -0.15) is 0 Å². The standard InChI is InChI=1S/C32H39NO8/c1-18(2)40-12-13-41-32(35)28-19(3)33-23-14-20(22-10-8-9-11-25(22)36-4)15-24(34)30(23)29(28)21-16-26(37-5)31(39-7)27(17-21)38-6/h8-11,16-18,20,29,33H,12-15H2,1-7H3/t20-,29+/m1/s1. The third kappa shape index (κ3) is 6.20. The number of ketones is 1. The first-order chi connectivity index (χ1) is 19.7. The van der Waals surface area contributed by atoms with Crippen molar-refractivity contribution in [1.82, 2.24) is 5.32 Å². The van der Waals surface area contributed by atoms with Crippen LogP contribution in [-0.4, -0.2) is 59.5 Å². The molecular weight excluding hydrogens is 526 g/mol. The smallest absolute Gasteiger partial charge is 0.336 e. The monoisotopic (exact) mass is 565 g/mol. The molecule has 0 saturated heterocycles. The zero-order chi connectivity index (χ0) is 29.7. The normalized spacial score (nSPS) is 18.6. The highest BCUT2D eigenvalue weighted by atomic mass is 16.6. The van der Waals surface area contributed by atoms with Crippen molar-refractivity contribution >= 4 is 11.8 Å². The van der Waals surface area contributed by atoms with Crippen LogP contribution in [-0.2, 0) is 19.1 Å². The summed E-state index contributed by atoms with van der Waals surface area (Å²) in [6.45, 7) is 6.02. The van der Waals surface area contributed by atoms with Crippen LogP contribution >= 0.6 is 0 Å². The van der Waals surface area contributed by atoms with Gasteiger partial charge in [-0.3, -0.25) is 4.79 Å². The average molecular weight is 566 g/mol. The quantitative estimate of drug-likeness (QED) is 0.296. The molecule has 0 spiro atoms. The molecule has 9 nitrogen and oxygen atoms in total. The third-order valence-electron chi connectivity index (χ3n) is 7.41. The van der Waals surface area contributed by atoms with E-state index in [4.69, 9.17) is 28.4 Å². The minimum absolute atomic E-state index is 0.0155. The second kappa shape index (κ2) is 13.1. The number of Topliss-reactive ketones (excluding diaryl/α,β-unsaturated/α-hetero) is 1. The summed E-state index contributed by atoms with van der Waals surface area (Å²) in [4.78, 5) is 27.6. The number of rotatable bonds is 11. The van der Waals surface area contributed by atoms with E-state index < -0.39 is 11.9 Å². The molecule has 1 heterocycles. The molecular formula is C32H39NO8. The van der Waals surface area contributed by atoms with E-state index in [1.54, 1.807) is 19.2 Å². The first kappa shape index (κ1) is 30.0. The SMILES string of the molecule is COc1ccccc1[C@H]1CC(=O)C2=C(C1)NC(C)=C(C(=O)OCCOC(C)C)[C@@H]2c1cc(OC)c(OC)c(OC)c1. The number of hydrogen-bond acceptors (Lipinski definition) is 9. The Kier molecular flexibility index (Phi) is 9.60. The molecule has 2 aliphatic rings. The van der Waals surface area contributed by atoms with E-state index in [9.17, 15) is 9.59 Å². The number of carbonyl (C=O) groups excluding carboxylic acids is 2. The van der Waals surface area contributed by atoms with E-state index in [1.807, 2.05) is 45.0 Å². The maximum absolute atomic E-state index is 14.0. The van der Waals surface area contributed by atoms with Crippen LogP contribution in [0.1, 0.15) is 56.6 Å². The number of ether oxygens (including phenoxy) is 6. The summed E-state index contributed by atoms with van der Waals surface area (Å²) < 4.78 is 33.5. The van der Waals surface area contributed by atoms with Gasteiger partial charge in [0.2, 0.25) is 5.75 Å². The summed E-state index contributed by atoms with van der Waals surface area (Å²) in [6, 6.07) is 11.3. The summed E-state index contributed by atoms with van der Waals surface area (Å²) >= 11 is 0. The third-order valence-corrected chi connectivity index (χ3v) is 7.41. The fraction of sp³-hybridized carbons (Fsp3) is 0.438. The Labute approximate surface area is 241 Å². The fourth-order valence-electron chi connectivity index (χ4n) is 5.63. The molecule has 0 fully saturated rings. The van der Waals surface area contributed by atoms with Crippen LogP contribution in [0.3, 0.4) is 0 Å². The predicted octanol–water partition coefficient (Wildman–Crippen LogP) is 5.05. The second-order valence-electron chi connectivity index (χ2n) is 10.3. The molecule has 0 aromatic heterocycles. The number of para-hydroxylation sites is 1. The van der Waals surface area contributed by atoms with Crippen LogP contribution in [0.5, 0.6) is 23.0 Å². The number of benzene rings is 2. The van der Waals surface area contributed by atoms with Crippen molar-refractivity contribution in [2.45, 2.75) is 51.6 Å². The topological polar surface area (TPSA) is 102 Å². The molecule has 0 saturated carbocycles. The van der Waals surface area contributed by atoms with Crippen LogP contribution in [0.2, 0.25) is 0 Å². The summed E-state index contributed by atoms with van der Waals surface area (Å²) in [5, 5.41) is 3.38. The van der Waals surface area contributed by atoms with E-state index in [-0.39, 0.29) is 37.4 Å².